The van der Waals surface area contributed by atoms with Gasteiger partial charge in [-0.15, -0.1) is 0 Å². The lowest BCUT2D eigenvalue weighted by atomic mass is 10.2. The average Bonchev–Trinajstić information content (AvgIpc) is 2.52. The lowest BCUT2D eigenvalue weighted by molar-refractivity contribution is 0.160. The van der Waals surface area contributed by atoms with Crippen molar-refractivity contribution in [1.82, 2.24) is 0 Å². The molecular weight excluding hydrogens is 158 g/mol. The van der Waals surface area contributed by atoms with Crippen molar-refractivity contribution in [2.75, 3.05) is 13.7 Å². The van der Waals surface area contributed by atoms with Crippen LogP contribution in [0.3, 0.4) is 0 Å². The Kier molecular flexibility index (Phi) is 3.28. The van der Waals surface area contributed by atoms with Crippen LogP contribution in [0.2, 0.25) is 0 Å². The van der Waals surface area contributed by atoms with Crippen molar-refractivity contribution in [3.8, 4) is 0 Å². The van der Waals surface area contributed by atoms with Gasteiger partial charge in [-0.3, -0.25) is 0 Å². The van der Waals surface area contributed by atoms with Crippen molar-refractivity contribution in [2.45, 2.75) is 12.6 Å². The zero-order valence-electron chi connectivity index (χ0n) is 6.99. The largest absolute Gasteiger partial charge is 0.462 e. The SMILES string of the molecule is COCc1ccc([C@@H](N)CO)o1. The number of nitrogens with two attached hydrogens (primary N) is 1. The molecule has 0 bridgehead atoms. The van der Waals surface area contributed by atoms with E-state index in [-0.39, 0.29) is 6.61 Å². The van der Waals surface area contributed by atoms with Crippen LogP contribution in [0, 0.1) is 0 Å². The Morgan fingerprint density at radius 3 is 3.00 bits per heavy atom. The number of ether oxygens (including phenoxy) is 1. The van der Waals surface area contributed by atoms with Crippen molar-refractivity contribution in [2.24, 2.45) is 5.73 Å². The van der Waals surface area contributed by atoms with Gasteiger partial charge in [0.05, 0.1) is 12.6 Å². The minimum absolute atomic E-state index is 0.111. The summed E-state index contributed by atoms with van der Waals surface area (Å²) >= 11 is 0. The van der Waals surface area contributed by atoms with Crippen LogP contribution < -0.4 is 5.73 Å². The molecule has 0 amide bonds. The number of hydrogen-bond acceptors (Lipinski definition) is 4. The summed E-state index contributed by atoms with van der Waals surface area (Å²) in [5.74, 6) is 1.31. The van der Waals surface area contributed by atoms with Crippen LogP contribution in [0.25, 0.3) is 0 Å². The summed E-state index contributed by atoms with van der Waals surface area (Å²) in [4.78, 5) is 0. The predicted molar refractivity (Wildman–Crippen MR) is 43.4 cm³/mol. The molecule has 0 spiro atoms. The lowest BCUT2D eigenvalue weighted by Crippen LogP contribution is -2.13. The molecule has 1 heterocycles. The standard InChI is InChI=1S/C8H13NO3/c1-11-5-6-2-3-8(12-6)7(9)4-10/h2-3,7,10H,4-5,9H2,1H3/t7-/m0/s1. The highest BCUT2D eigenvalue weighted by molar-refractivity contribution is 5.09. The van der Waals surface area contributed by atoms with E-state index in [0.29, 0.717) is 12.4 Å². The quantitative estimate of drug-likeness (QED) is 0.688. The minimum Gasteiger partial charge on any atom is -0.462 e. The van der Waals surface area contributed by atoms with Crippen LogP contribution in [0.1, 0.15) is 17.6 Å². The number of rotatable bonds is 4. The van der Waals surface area contributed by atoms with E-state index < -0.39 is 6.04 Å². The molecule has 0 saturated carbocycles. The first-order chi connectivity index (χ1) is 5.77. The summed E-state index contributed by atoms with van der Waals surface area (Å²) in [5.41, 5.74) is 5.52. The molecule has 1 atom stereocenters. The first-order valence-corrected chi connectivity index (χ1v) is 3.72. The third-order valence-electron chi connectivity index (χ3n) is 1.53. The summed E-state index contributed by atoms with van der Waals surface area (Å²) < 4.78 is 10.1. The van der Waals surface area contributed by atoms with Gasteiger partial charge >= 0.3 is 0 Å². The number of aliphatic hydroxyl groups is 1. The van der Waals surface area contributed by atoms with Gasteiger partial charge in [-0.25, -0.2) is 0 Å². The molecule has 1 aromatic heterocycles. The van der Waals surface area contributed by atoms with Crippen molar-refractivity contribution in [3.05, 3.63) is 23.7 Å². The van der Waals surface area contributed by atoms with Gasteiger partial charge in [0.15, 0.2) is 0 Å². The van der Waals surface area contributed by atoms with Crippen molar-refractivity contribution in [3.63, 3.8) is 0 Å². The van der Waals surface area contributed by atoms with Crippen molar-refractivity contribution in [1.29, 1.82) is 0 Å². The van der Waals surface area contributed by atoms with Crippen LogP contribution in [-0.2, 0) is 11.3 Å². The topological polar surface area (TPSA) is 68.6 Å². The number of furan rings is 1. The molecule has 3 N–H and O–H groups in total. The minimum atomic E-state index is -0.435. The van der Waals surface area contributed by atoms with E-state index in [1.54, 1.807) is 19.2 Å². The van der Waals surface area contributed by atoms with E-state index >= 15 is 0 Å². The van der Waals surface area contributed by atoms with Crippen LogP contribution in [0.15, 0.2) is 16.5 Å². The highest BCUT2D eigenvalue weighted by atomic mass is 16.5. The summed E-state index contributed by atoms with van der Waals surface area (Å²) in [6.07, 6.45) is 0. The van der Waals surface area contributed by atoms with Crippen LogP contribution in [0.5, 0.6) is 0 Å². The van der Waals surface area contributed by atoms with Gasteiger partial charge in [0.2, 0.25) is 0 Å². The first-order valence-electron chi connectivity index (χ1n) is 3.72. The van der Waals surface area contributed by atoms with Gasteiger partial charge in [0, 0.05) is 7.11 Å². The molecule has 0 radical (unpaired) electrons. The molecule has 0 aliphatic carbocycles. The molecule has 0 fully saturated rings. The number of hydrogen-bond donors (Lipinski definition) is 2. The molecule has 0 aromatic carbocycles. The average molecular weight is 171 g/mol. The molecule has 0 aliphatic heterocycles. The second-order valence-electron chi connectivity index (χ2n) is 2.53. The number of methoxy groups -OCH3 is 1. The highest BCUT2D eigenvalue weighted by Crippen LogP contribution is 2.14. The zero-order valence-corrected chi connectivity index (χ0v) is 6.99. The molecule has 4 nitrogen and oxygen atoms in total. The van der Waals surface area contributed by atoms with E-state index in [0.717, 1.165) is 5.76 Å². The second-order valence-corrected chi connectivity index (χ2v) is 2.53. The van der Waals surface area contributed by atoms with Gasteiger partial charge in [-0.05, 0) is 12.1 Å². The summed E-state index contributed by atoms with van der Waals surface area (Å²) in [7, 11) is 1.59. The van der Waals surface area contributed by atoms with Crippen molar-refractivity contribution < 1.29 is 14.3 Å². The van der Waals surface area contributed by atoms with E-state index in [1.165, 1.54) is 0 Å². The molecule has 4 heteroatoms. The third-order valence-corrected chi connectivity index (χ3v) is 1.53. The van der Waals surface area contributed by atoms with Gasteiger partial charge in [-0.2, -0.15) is 0 Å². The third kappa shape index (κ3) is 2.07. The Labute approximate surface area is 70.9 Å². The van der Waals surface area contributed by atoms with Crippen LogP contribution >= 0.6 is 0 Å². The molecule has 1 rings (SSSR count). The molecule has 68 valence electrons. The molecule has 0 unspecified atom stereocenters. The highest BCUT2D eigenvalue weighted by Gasteiger charge is 2.08. The van der Waals surface area contributed by atoms with Crippen molar-refractivity contribution >= 4 is 0 Å². The van der Waals surface area contributed by atoms with Crippen LogP contribution in [-0.4, -0.2) is 18.8 Å². The van der Waals surface area contributed by atoms with Crippen LogP contribution in [0.4, 0.5) is 0 Å². The Bertz CT molecular complexity index is 234. The zero-order chi connectivity index (χ0) is 8.97. The fourth-order valence-corrected chi connectivity index (χ4v) is 0.904. The molecule has 0 aliphatic rings. The monoisotopic (exact) mass is 171 g/mol. The fourth-order valence-electron chi connectivity index (χ4n) is 0.904. The molecule has 0 saturated heterocycles. The maximum absolute atomic E-state index is 8.71. The summed E-state index contributed by atoms with van der Waals surface area (Å²) in [6, 6.07) is 3.10. The summed E-state index contributed by atoms with van der Waals surface area (Å²) in [5, 5.41) is 8.71. The van der Waals surface area contributed by atoms with E-state index in [9.17, 15) is 0 Å². The molecule has 1 aromatic rings. The predicted octanol–water partition coefficient (Wildman–Crippen LogP) is 0.418. The molecular formula is C8H13NO3. The van der Waals surface area contributed by atoms with Gasteiger partial charge < -0.3 is 20.0 Å². The maximum atomic E-state index is 8.71. The smallest absolute Gasteiger partial charge is 0.129 e. The maximum Gasteiger partial charge on any atom is 0.129 e. The Hall–Kier alpha value is -0.840. The van der Waals surface area contributed by atoms with Gasteiger partial charge in [0.25, 0.3) is 0 Å². The Morgan fingerprint density at radius 2 is 2.42 bits per heavy atom. The van der Waals surface area contributed by atoms with E-state index in [4.69, 9.17) is 20.0 Å². The van der Waals surface area contributed by atoms with Gasteiger partial charge in [-0.1, -0.05) is 0 Å². The molecule has 12 heavy (non-hydrogen) atoms. The lowest BCUT2D eigenvalue weighted by Gasteiger charge is -2.02. The van der Waals surface area contributed by atoms with E-state index in [2.05, 4.69) is 0 Å². The Morgan fingerprint density at radius 1 is 1.67 bits per heavy atom. The van der Waals surface area contributed by atoms with E-state index in [1.807, 2.05) is 0 Å². The van der Waals surface area contributed by atoms with Gasteiger partial charge in [0.1, 0.15) is 18.1 Å². The normalized spacial score (nSPS) is 13.2. The second kappa shape index (κ2) is 4.25. The fraction of sp³-hybridized carbons (Fsp3) is 0.500. The number of aliphatic hydroxyl groups excluding tert-OH is 1. The first kappa shape index (κ1) is 9.25. The Balaban J connectivity index is 2.63. The summed E-state index contributed by atoms with van der Waals surface area (Å²) in [6.45, 7) is 0.318.